The number of nitrogens with zero attached hydrogens (tertiary/aromatic N) is 2. The molecule has 1 aromatic heterocycles. The van der Waals surface area contributed by atoms with E-state index in [9.17, 15) is 9.59 Å². The Morgan fingerprint density at radius 3 is 2.83 bits per heavy atom. The van der Waals surface area contributed by atoms with Crippen LogP contribution in [0.5, 0.6) is 0 Å². The topological polar surface area (TPSA) is 82.5 Å². The van der Waals surface area contributed by atoms with Crippen LogP contribution < -0.4 is 5.32 Å². The third kappa shape index (κ3) is 2.77. The molecule has 0 bridgehead atoms. The van der Waals surface area contributed by atoms with Gasteiger partial charge in [-0.15, -0.1) is 0 Å². The first-order valence-corrected chi connectivity index (χ1v) is 5.77. The van der Waals surface area contributed by atoms with Gasteiger partial charge in [0.2, 0.25) is 0 Å². The van der Waals surface area contributed by atoms with Gasteiger partial charge in [-0.05, 0) is 25.5 Å². The van der Waals surface area contributed by atoms with Gasteiger partial charge in [-0.2, -0.15) is 0 Å². The number of carbonyl (C=O) groups is 2. The number of likely N-dealkylation sites (tertiary alicyclic amines) is 1. The Hall–Kier alpha value is -2.11. The van der Waals surface area contributed by atoms with Crippen LogP contribution in [-0.2, 0) is 4.79 Å². The summed E-state index contributed by atoms with van der Waals surface area (Å²) in [6.45, 7) is 2.60. The Labute approximate surface area is 105 Å². The number of aliphatic carboxylic acids is 1. The number of pyridine rings is 1. The predicted octanol–water partition coefficient (Wildman–Crippen LogP) is 1.33. The third-order valence-corrected chi connectivity index (χ3v) is 2.99. The number of amides is 2. The Balaban J connectivity index is 1.93. The lowest BCUT2D eigenvalue weighted by Crippen LogP contribution is -2.33. The number of hydrogen-bond acceptors (Lipinski definition) is 3. The molecule has 2 amide bonds. The first-order chi connectivity index (χ1) is 8.56. The van der Waals surface area contributed by atoms with Gasteiger partial charge in [0.05, 0.1) is 17.8 Å². The lowest BCUT2D eigenvalue weighted by Gasteiger charge is -2.16. The van der Waals surface area contributed by atoms with Crippen LogP contribution in [0.25, 0.3) is 0 Å². The van der Waals surface area contributed by atoms with Gasteiger partial charge in [-0.1, -0.05) is 0 Å². The van der Waals surface area contributed by atoms with E-state index in [1.807, 2.05) is 6.92 Å². The first kappa shape index (κ1) is 12.3. The summed E-state index contributed by atoms with van der Waals surface area (Å²) >= 11 is 0. The van der Waals surface area contributed by atoms with Crippen molar-refractivity contribution >= 4 is 17.7 Å². The SMILES string of the molecule is Cc1ccc(NC(=O)N2CCC(C(=O)O)C2)cn1. The summed E-state index contributed by atoms with van der Waals surface area (Å²) in [5.41, 5.74) is 1.49. The number of aryl methyl sites for hydroxylation is 1. The number of carbonyl (C=O) groups excluding carboxylic acids is 1. The van der Waals surface area contributed by atoms with E-state index in [4.69, 9.17) is 5.11 Å². The van der Waals surface area contributed by atoms with Gasteiger partial charge in [-0.25, -0.2) is 4.79 Å². The van der Waals surface area contributed by atoms with Crippen LogP contribution in [0.1, 0.15) is 12.1 Å². The highest BCUT2D eigenvalue weighted by Gasteiger charge is 2.30. The quantitative estimate of drug-likeness (QED) is 0.828. The van der Waals surface area contributed by atoms with E-state index in [2.05, 4.69) is 10.3 Å². The van der Waals surface area contributed by atoms with Crippen LogP contribution in [0.2, 0.25) is 0 Å². The molecule has 6 heteroatoms. The zero-order valence-corrected chi connectivity index (χ0v) is 10.1. The van der Waals surface area contributed by atoms with Crippen molar-refractivity contribution in [1.29, 1.82) is 0 Å². The summed E-state index contributed by atoms with van der Waals surface area (Å²) in [5, 5.41) is 11.6. The van der Waals surface area contributed by atoms with Crippen molar-refractivity contribution in [1.82, 2.24) is 9.88 Å². The largest absolute Gasteiger partial charge is 0.481 e. The van der Waals surface area contributed by atoms with Crippen molar-refractivity contribution in [3.05, 3.63) is 24.0 Å². The molecule has 6 nitrogen and oxygen atoms in total. The number of carboxylic acid groups (broad SMARTS) is 1. The van der Waals surface area contributed by atoms with E-state index >= 15 is 0 Å². The molecule has 1 fully saturated rings. The summed E-state index contributed by atoms with van der Waals surface area (Å²) in [7, 11) is 0. The summed E-state index contributed by atoms with van der Waals surface area (Å²) in [6, 6.07) is 3.30. The fraction of sp³-hybridized carbons (Fsp3) is 0.417. The van der Waals surface area contributed by atoms with Crippen molar-refractivity contribution in [2.24, 2.45) is 5.92 Å². The Bertz CT molecular complexity index is 458. The highest BCUT2D eigenvalue weighted by Crippen LogP contribution is 2.17. The molecular weight excluding hydrogens is 234 g/mol. The summed E-state index contributed by atoms with van der Waals surface area (Å²) in [4.78, 5) is 28.2. The number of hydrogen-bond donors (Lipinski definition) is 2. The minimum atomic E-state index is -0.845. The molecule has 0 aromatic carbocycles. The van der Waals surface area contributed by atoms with Crippen molar-refractivity contribution in [3.63, 3.8) is 0 Å². The molecule has 2 rings (SSSR count). The van der Waals surface area contributed by atoms with Gasteiger partial charge in [0.1, 0.15) is 0 Å². The fourth-order valence-electron chi connectivity index (χ4n) is 1.89. The van der Waals surface area contributed by atoms with Gasteiger partial charge in [0.15, 0.2) is 0 Å². The molecule has 0 spiro atoms. The smallest absolute Gasteiger partial charge is 0.321 e. The van der Waals surface area contributed by atoms with Gasteiger partial charge in [0, 0.05) is 18.8 Å². The molecular formula is C12H15N3O3. The number of carboxylic acids is 1. The predicted molar refractivity (Wildman–Crippen MR) is 65.3 cm³/mol. The van der Waals surface area contributed by atoms with Crippen molar-refractivity contribution in [2.45, 2.75) is 13.3 Å². The molecule has 0 radical (unpaired) electrons. The lowest BCUT2D eigenvalue weighted by molar-refractivity contribution is -0.141. The van der Waals surface area contributed by atoms with Crippen LogP contribution in [0.15, 0.2) is 18.3 Å². The van der Waals surface area contributed by atoms with E-state index in [1.54, 1.807) is 18.3 Å². The van der Waals surface area contributed by atoms with Crippen molar-refractivity contribution in [2.75, 3.05) is 18.4 Å². The highest BCUT2D eigenvalue weighted by atomic mass is 16.4. The standard InChI is InChI=1S/C12H15N3O3/c1-8-2-3-10(6-13-8)14-12(18)15-5-4-9(7-15)11(16)17/h2-3,6,9H,4-5,7H2,1H3,(H,14,18)(H,16,17). The van der Waals surface area contributed by atoms with Crippen LogP contribution in [0.3, 0.4) is 0 Å². The lowest BCUT2D eigenvalue weighted by atomic mass is 10.1. The first-order valence-electron chi connectivity index (χ1n) is 5.77. The summed E-state index contributed by atoms with van der Waals surface area (Å²) < 4.78 is 0. The minimum absolute atomic E-state index is 0.264. The third-order valence-electron chi connectivity index (χ3n) is 2.99. The molecule has 1 unspecified atom stereocenters. The maximum Gasteiger partial charge on any atom is 0.321 e. The van der Waals surface area contributed by atoms with Crippen molar-refractivity contribution in [3.8, 4) is 0 Å². The molecule has 2 N–H and O–H groups in total. The molecule has 1 saturated heterocycles. The second-order valence-electron chi connectivity index (χ2n) is 4.39. The monoisotopic (exact) mass is 249 g/mol. The molecule has 1 aliphatic heterocycles. The van der Waals surface area contributed by atoms with E-state index < -0.39 is 11.9 Å². The van der Waals surface area contributed by atoms with E-state index in [0.717, 1.165) is 5.69 Å². The van der Waals surface area contributed by atoms with Gasteiger partial charge in [0.25, 0.3) is 0 Å². The molecule has 1 aliphatic rings. The Morgan fingerprint density at radius 2 is 2.28 bits per heavy atom. The zero-order chi connectivity index (χ0) is 13.1. The van der Waals surface area contributed by atoms with E-state index in [1.165, 1.54) is 4.90 Å². The number of urea groups is 1. The number of rotatable bonds is 2. The van der Waals surface area contributed by atoms with Crippen LogP contribution in [0, 0.1) is 12.8 Å². The Kier molecular flexibility index (Phi) is 3.45. The number of anilines is 1. The Morgan fingerprint density at radius 1 is 1.50 bits per heavy atom. The molecule has 18 heavy (non-hydrogen) atoms. The molecule has 96 valence electrons. The maximum absolute atomic E-state index is 11.9. The number of aromatic nitrogens is 1. The van der Waals surface area contributed by atoms with E-state index in [-0.39, 0.29) is 12.6 Å². The van der Waals surface area contributed by atoms with Gasteiger partial charge in [-0.3, -0.25) is 9.78 Å². The maximum atomic E-state index is 11.9. The van der Waals surface area contributed by atoms with Gasteiger partial charge < -0.3 is 15.3 Å². The number of nitrogens with one attached hydrogen (secondary N) is 1. The summed E-state index contributed by atoms with van der Waals surface area (Å²) in [5.74, 6) is -1.30. The minimum Gasteiger partial charge on any atom is -0.481 e. The average Bonchev–Trinajstić information content (AvgIpc) is 2.81. The summed E-state index contributed by atoms with van der Waals surface area (Å²) in [6.07, 6.45) is 2.09. The van der Waals surface area contributed by atoms with Crippen LogP contribution in [-0.4, -0.2) is 40.1 Å². The zero-order valence-electron chi connectivity index (χ0n) is 10.1. The van der Waals surface area contributed by atoms with Gasteiger partial charge >= 0.3 is 12.0 Å². The molecule has 2 heterocycles. The van der Waals surface area contributed by atoms with E-state index in [0.29, 0.717) is 18.7 Å². The van der Waals surface area contributed by atoms with Crippen molar-refractivity contribution < 1.29 is 14.7 Å². The molecule has 1 atom stereocenters. The fourth-order valence-corrected chi connectivity index (χ4v) is 1.89. The molecule has 1 aromatic rings. The normalized spacial score (nSPS) is 18.7. The van der Waals surface area contributed by atoms with Crippen LogP contribution in [0.4, 0.5) is 10.5 Å². The van der Waals surface area contributed by atoms with Crippen LogP contribution >= 0.6 is 0 Å². The molecule has 0 aliphatic carbocycles. The average molecular weight is 249 g/mol. The molecule has 0 saturated carbocycles. The second kappa shape index (κ2) is 5.03. The highest BCUT2D eigenvalue weighted by molar-refractivity contribution is 5.89. The second-order valence-corrected chi connectivity index (χ2v) is 4.39.